The van der Waals surface area contributed by atoms with E-state index in [2.05, 4.69) is 42.9 Å². The molecule has 1 aliphatic heterocycles. The number of rotatable bonds is 9. The van der Waals surface area contributed by atoms with E-state index in [9.17, 15) is 0 Å². The molecular weight excluding hydrogens is 238 g/mol. The van der Waals surface area contributed by atoms with E-state index in [4.69, 9.17) is 4.74 Å². The van der Waals surface area contributed by atoms with Gasteiger partial charge in [0.15, 0.2) is 0 Å². The van der Waals surface area contributed by atoms with Crippen molar-refractivity contribution in [1.82, 2.24) is 14.7 Å². The van der Waals surface area contributed by atoms with Crippen molar-refractivity contribution in [2.75, 3.05) is 61.0 Å². The fourth-order valence-electron chi connectivity index (χ4n) is 2.59. The van der Waals surface area contributed by atoms with Gasteiger partial charge < -0.3 is 14.5 Å². The molecule has 0 aliphatic carbocycles. The van der Waals surface area contributed by atoms with Gasteiger partial charge in [-0.3, -0.25) is 4.90 Å². The highest BCUT2D eigenvalue weighted by Crippen LogP contribution is 2.17. The predicted octanol–water partition coefficient (Wildman–Crippen LogP) is 1.72. The first kappa shape index (κ1) is 16.9. The topological polar surface area (TPSA) is 19.0 Å². The smallest absolute Gasteiger partial charge is 0.110 e. The van der Waals surface area contributed by atoms with Crippen LogP contribution < -0.4 is 0 Å². The summed E-state index contributed by atoms with van der Waals surface area (Å²) in [6.45, 7) is 5.60. The van der Waals surface area contributed by atoms with Crippen molar-refractivity contribution in [2.45, 2.75) is 38.3 Å². The molecule has 0 N–H and O–H groups in total. The Labute approximate surface area is 119 Å². The van der Waals surface area contributed by atoms with E-state index in [1.165, 1.54) is 32.1 Å². The van der Waals surface area contributed by atoms with Crippen molar-refractivity contribution < 1.29 is 4.74 Å². The number of nitrogens with zero attached hydrogens (tertiary/aromatic N) is 3. The number of hydrogen-bond donors (Lipinski definition) is 0. The zero-order valence-corrected chi connectivity index (χ0v) is 13.4. The molecule has 1 aliphatic rings. The molecule has 114 valence electrons. The van der Waals surface area contributed by atoms with Crippen molar-refractivity contribution in [3.8, 4) is 0 Å². The van der Waals surface area contributed by atoms with Crippen molar-refractivity contribution in [3.63, 3.8) is 0 Å². The van der Waals surface area contributed by atoms with E-state index < -0.39 is 0 Å². The van der Waals surface area contributed by atoms with Crippen molar-refractivity contribution >= 4 is 0 Å². The molecule has 1 saturated heterocycles. The van der Waals surface area contributed by atoms with Gasteiger partial charge in [0, 0.05) is 19.7 Å². The lowest BCUT2D eigenvalue weighted by molar-refractivity contribution is -0.0870. The standard InChI is InChI=1S/C15H33N3O/c1-16(2)10-7-12-18(13-8-11-17(3)4)15-9-5-6-14-19-15/h15H,5-14H2,1-4H3. The normalized spacial score (nSPS) is 20.7. The Morgan fingerprint density at radius 3 is 1.84 bits per heavy atom. The molecule has 1 rings (SSSR count). The van der Waals surface area contributed by atoms with Gasteiger partial charge in [0.25, 0.3) is 0 Å². The monoisotopic (exact) mass is 271 g/mol. The molecule has 1 heterocycles. The molecule has 0 radical (unpaired) electrons. The highest BCUT2D eigenvalue weighted by Gasteiger charge is 2.21. The minimum Gasteiger partial charge on any atom is -0.363 e. The molecule has 19 heavy (non-hydrogen) atoms. The molecule has 0 spiro atoms. The Morgan fingerprint density at radius 1 is 0.842 bits per heavy atom. The first-order valence-electron chi connectivity index (χ1n) is 7.74. The molecule has 1 unspecified atom stereocenters. The van der Waals surface area contributed by atoms with Crippen molar-refractivity contribution in [3.05, 3.63) is 0 Å². The van der Waals surface area contributed by atoms with Gasteiger partial charge in [0.1, 0.15) is 6.23 Å². The zero-order valence-electron chi connectivity index (χ0n) is 13.4. The molecule has 0 bridgehead atoms. The van der Waals surface area contributed by atoms with Crippen molar-refractivity contribution in [2.24, 2.45) is 0 Å². The second kappa shape index (κ2) is 9.70. The summed E-state index contributed by atoms with van der Waals surface area (Å²) in [4.78, 5) is 7.09. The Hall–Kier alpha value is -0.160. The average Bonchev–Trinajstić information content (AvgIpc) is 2.37. The lowest BCUT2D eigenvalue weighted by Gasteiger charge is -2.34. The van der Waals surface area contributed by atoms with Crippen LogP contribution in [0.15, 0.2) is 0 Å². The van der Waals surface area contributed by atoms with Crippen LogP contribution in [0.3, 0.4) is 0 Å². The summed E-state index contributed by atoms with van der Waals surface area (Å²) < 4.78 is 5.95. The summed E-state index contributed by atoms with van der Waals surface area (Å²) in [6.07, 6.45) is 6.61. The van der Waals surface area contributed by atoms with E-state index in [1.54, 1.807) is 0 Å². The Kier molecular flexibility index (Phi) is 8.62. The molecule has 0 aromatic heterocycles. The maximum Gasteiger partial charge on any atom is 0.110 e. The van der Waals surface area contributed by atoms with Crippen LogP contribution in [-0.4, -0.2) is 81.9 Å². The molecule has 4 heteroatoms. The fraction of sp³-hybridized carbons (Fsp3) is 1.00. The third-order valence-electron chi connectivity index (χ3n) is 3.66. The molecule has 4 nitrogen and oxygen atoms in total. The summed E-state index contributed by atoms with van der Waals surface area (Å²) >= 11 is 0. The van der Waals surface area contributed by atoms with Gasteiger partial charge in [-0.25, -0.2) is 0 Å². The van der Waals surface area contributed by atoms with Crippen LogP contribution in [-0.2, 0) is 4.74 Å². The van der Waals surface area contributed by atoms with Gasteiger partial charge >= 0.3 is 0 Å². The lowest BCUT2D eigenvalue weighted by Crippen LogP contribution is -2.42. The average molecular weight is 271 g/mol. The van der Waals surface area contributed by atoms with Gasteiger partial charge in [-0.15, -0.1) is 0 Å². The van der Waals surface area contributed by atoms with Crippen LogP contribution in [0.1, 0.15) is 32.1 Å². The third kappa shape index (κ3) is 7.88. The van der Waals surface area contributed by atoms with Crippen LogP contribution in [0, 0.1) is 0 Å². The summed E-state index contributed by atoms with van der Waals surface area (Å²) in [7, 11) is 8.59. The van der Waals surface area contributed by atoms with Gasteiger partial charge in [0.2, 0.25) is 0 Å². The van der Waals surface area contributed by atoms with E-state index >= 15 is 0 Å². The van der Waals surface area contributed by atoms with Crippen LogP contribution in [0.25, 0.3) is 0 Å². The largest absolute Gasteiger partial charge is 0.363 e. The zero-order chi connectivity index (χ0) is 14.1. The van der Waals surface area contributed by atoms with Gasteiger partial charge in [-0.1, -0.05) is 0 Å². The number of hydrogen-bond acceptors (Lipinski definition) is 4. The maximum atomic E-state index is 5.95. The molecule has 0 saturated carbocycles. The Balaban J connectivity index is 2.32. The van der Waals surface area contributed by atoms with Gasteiger partial charge in [-0.05, 0) is 73.4 Å². The SMILES string of the molecule is CN(C)CCCN(CCCN(C)C)C1CCCCO1. The Morgan fingerprint density at radius 2 is 1.42 bits per heavy atom. The minimum atomic E-state index is 0.373. The summed E-state index contributed by atoms with van der Waals surface area (Å²) in [5.74, 6) is 0. The van der Waals surface area contributed by atoms with Gasteiger partial charge in [-0.2, -0.15) is 0 Å². The summed E-state index contributed by atoms with van der Waals surface area (Å²) in [6, 6.07) is 0. The maximum absolute atomic E-state index is 5.95. The quantitative estimate of drug-likeness (QED) is 0.635. The van der Waals surface area contributed by atoms with E-state index in [0.717, 1.165) is 32.8 Å². The van der Waals surface area contributed by atoms with Crippen LogP contribution in [0.4, 0.5) is 0 Å². The first-order chi connectivity index (χ1) is 9.09. The molecular formula is C15H33N3O. The molecule has 1 atom stereocenters. The molecule has 0 aromatic carbocycles. The fourth-order valence-corrected chi connectivity index (χ4v) is 2.59. The molecule has 0 aromatic rings. The second-order valence-corrected chi connectivity index (χ2v) is 6.17. The third-order valence-corrected chi connectivity index (χ3v) is 3.66. The first-order valence-corrected chi connectivity index (χ1v) is 7.74. The van der Waals surface area contributed by atoms with E-state index in [-0.39, 0.29) is 0 Å². The number of ether oxygens (including phenoxy) is 1. The van der Waals surface area contributed by atoms with Crippen LogP contribution in [0.2, 0.25) is 0 Å². The van der Waals surface area contributed by atoms with E-state index in [0.29, 0.717) is 6.23 Å². The van der Waals surface area contributed by atoms with E-state index in [1.807, 2.05) is 0 Å². The second-order valence-electron chi connectivity index (χ2n) is 6.17. The highest BCUT2D eigenvalue weighted by molar-refractivity contribution is 4.68. The molecule has 1 fully saturated rings. The van der Waals surface area contributed by atoms with Crippen LogP contribution >= 0.6 is 0 Å². The lowest BCUT2D eigenvalue weighted by atomic mass is 10.1. The predicted molar refractivity (Wildman–Crippen MR) is 81.5 cm³/mol. The summed E-state index contributed by atoms with van der Waals surface area (Å²) in [5, 5.41) is 0. The highest BCUT2D eigenvalue weighted by atomic mass is 16.5. The Bertz CT molecular complexity index is 201. The van der Waals surface area contributed by atoms with Crippen molar-refractivity contribution in [1.29, 1.82) is 0 Å². The van der Waals surface area contributed by atoms with Crippen LogP contribution in [0.5, 0.6) is 0 Å². The summed E-state index contributed by atoms with van der Waals surface area (Å²) in [5.41, 5.74) is 0. The van der Waals surface area contributed by atoms with Gasteiger partial charge in [0.05, 0.1) is 0 Å². The molecule has 0 amide bonds. The minimum absolute atomic E-state index is 0.373.